The number of benzene rings is 1. The van der Waals surface area contributed by atoms with E-state index < -0.39 is 0 Å². The van der Waals surface area contributed by atoms with E-state index in [9.17, 15) is 9.59 Å². The van der Waals surface area contributed by atoms with Gasteiger partial charge in [-0.05, 0) is 56.8 Å². The van der Waals surface area contributed by atoms with Gasteiger partial charge in [0.05, 0.1) is 12.8 Å². The Morgan fingerprint density at radius 2 is 2.12 bits per heavy atom. The monoisotopic (exact) mass is 381 g/mol. The van der Waals surface area contributed by atoms with Gasteiger partial charge in [0.2, 0.25) is 11.8 Å². The minimum atomic E-state index is 0. The Balaban J connectivity index is 0.00000243. The number of piperidine rings is 1. The molecule has 1 aromatic carbocycles. The molecule has 2 saturated heterocycles. The number of hydrogen-bond donors (Lipinski definition) is 2. The number of anilines is 2. The molecule has 0 bridgehead atoms. The third-order valence-corrected chi connectivity index (χ3v) is 5.07. The van der Waals surface area contributed by atoms with Gasteiger partial charge in [0.15, 0.2) is 0 Å². The van der Waals surface area contributed by atoms with Crippen molar-refractivity contribution in [3.05, 3.63) is 18.2 Å². The van der Waals surface area contributed by atoms with Crippen molar-refractivity contribution in [2.75, 3.05) is 37.0 Å². The van der Waals surface area contributed by atoms with E-state index in [0.29, 0.717) is 30.2 Å². The van der Waals surface area contributed by atoms with Crippen LogP contribution in [-0.4, -0.2) is 38.6 Å². The number of ether oxygens (including phenoxy) is 1. The first-order valence-corrected chi connectivity index (χ1v) is 9.16. The summed E-state index contributed by atoms with van der Waals surface area (Å²) in [6, 6.07) is 5.49. The van der Waals surface area contributed by atoms with Crippen LogP contribution in [0.3, 0.4) is 0 Å². The number of rotatable bonds is 6. The first kappa shape index (κ1) is 20.5. The van der Waals surface area contributed by atoms with Crippen LogP contribution in [0.2, 0.25) is 0 Å². The zero-order chi connectivity index (χ0) is 17.6. The second-order valence-corrected chi connectivity index (χ2v) is 6.82. The van der Waals surface area contributed by atoms with Crippen LogP contribution in [0.4, 0.5) is 11.4 Å². The maximum atomic E-state index is 12.2. The van der Waals surface area contributed by atoms with Gasteiger partial charge in [-0.1, -0.05) is 0 Å². The molecule has 2 fully saturated rings. The average molecular weight is 382 g/mol. The molecule has 0 unspecified atom stereocenters. The Hall–Kier alpha value is -1.79. The van der Waals surface area contributed by atoms with Gasteiger partial charge >= 0.3 is 0 Å². The summed E-state index contributed by atoms with van der Waals surface area (Å²) in [4.78, 5) is 25.9. The summed E-state index contributed by atoms with van der Waals surface area (Å²) < 4.78 is 5.43. The second kappa shape index (κ2) is 9.78. The number of nitrogens with zero attached hydrogens (tertiary/aromatic N) is 1. The molecule has 0 saturated carbocycles. The third kappa shape index (κ3) is 5.11. The minimum Gasteiger partial charge on any atom is -0.494 e. The van der Waals surface area contributed by atoms with Gasteiger partial charge in [-0.25, -0.2) is 0 Å². The SMILES string of the molecule is COc1cc(NC(=O)CCC2CCNCC2)ccc1N1CCCC1=O.Cl. The van der Waals surface area contributed by atoms with Crippen LogP contribution in [0, 0.1) is 5.92 Å². The maximum absolute atomic E-state index is 12.2. The number of hydrogen-bond acceptors (Lipinski definition) is 4. The van der Waals surface area contributed by atoms with Crippen molar-refractivity contribution in [3.63, 3.8) is 0 Å². The molecule has 0 spiro atoms. The molecule has 2 aliphatic heterocycles. The first-order valence-electron chi connectivity index (χ1n) is 9.16. The molecule has 2 heterocycles. The molecule has 1 aromatic rings. The van der Waals surface area contributed by atoms with Crippen LogP contribution in [0.1, 0.15) is 38.5 Å². The van der Waals surface area contributed by atoms with Crippen molar-refractivity contribution in [1.29, 1.82) is 0 Å². The number of halogens is 1. The molecule has 26 heavy (non-hydrogen) atoms. The molecule has 6 nitrogen and oxygen atoms in total. The van der Waals surface area contributed by atoms with Gasteiger partial charge in [0.25, 0.3) is 0 Å². The van der Waals surface area contributed by atoms with E-state index in [2.05, 4.69) is 10.6 Å². The number of carbonyl (C=O) groups excluding carboxylic acids is 2. The van der Waals surface area contributed by atoms with E-state index in [0.717, 1.165) is 51.0 Å². The van der Waals surface area contributed by atoms with Crippen molar-refractivity contribution in [3.8, 4) is 5.75 Å². The predicted molar refractivity (Wildman–Crippen MR) is 105 cm³/mol. The van der Waals surface area contributed by atoms with Crippen molar-refractivity contribution in [1.82, 2.24) is 5.32 Å². The molecule has 2 N–H and O–H groups in total. The summed E-state index contributed by atoms with van der Waals surface area (Å²) in [7, 11) is 1.59. The van der Waals surface area contributed by atoms with E-state index in [1.165, 1.54) is 0 Å². The molecule has 2 aliphatic rings. The Kier molecular flexibility index (Phi) is 7.72. The quantitative estimate of drug-likeness (QED) is 0.794. The van der Waals surface area contributed by atoms with E-state index in [4.69, 9.17) is 4.74 Å². The van der Waals surface area contributed by atoms with E-state index in [-0.39, 0.29) is 24.2 Å². The Labute approximate surface area is 161 Å². The molecular weight excluding hydrogens is 354 g/mol. The summed E-state index contributed by atoms with van der Waals surface area (Å²) in [5, 5.41) is 6.29. The number of methoxy groups -OCH3 is 1. The summed E-state index contributed by atoms with van der Waals surface area (Å²) >= 11 is 0. The zero-order valence-corrected chi connectivity index (χ0v) is 16.1. The highest BCUT2D eigenvalue weighted by atomic mass is 35.5. The van der Waals surface area contributed by atoms with E-state index >= 15 is 0 Å². The van der Waals surface area contributed by atoms with Crippen LogP contribution in [-0.2, 0) is 9.59 Å². The highest BCUT2D eigenvalue weighted by molar-refractivity contribution is 5.97. The fraction of sp³-hybridized carbons (Fsp3) is 0.579. The number of carbonyl (C=O) groups is 2. The van der Waals surface area contributed by atoms with Crippen molar-refractivity contribution < 1.29 is 14.3 Å². The Morgan fingerprint density at radius 3 is 2.77 bits per heavy atom. The lowest BCUT2D eigenvalue weighted by Crippen LogP contribution is -2.28. The van der Waals surface area contributed by atoms with Gasteiger partial charge in [0, 0.05) is 31.1 Å². The maximum Gasteiger partial charge on any atom is 0.227 e. The molecule has 3 rings (SSSR count). The summed E-state index contributed by atoms with van der Waals surface area (Å²) in [6.45, 7) is 2.83. The topological polar surface area (TPSA) is 70.7 Å². The van der Waals surface area contributed by atoms with E-state index in [1.807, 2.05) is 12.1 Å². The Bertz CT molecular complexity index is 632. The van der Waals surface area contributed by atoms with Crippen molar-refractivity contribution >= 4 is 35.6 Å². The van der Waals surface area contributed by atoms with Crippen LogP contribution in [0.5, 0.6) is 5.75 Å². The van der Waals surface area contributed by atoms with Gasteiger partial charge < -0.3 is 20.3 Å². The van der Waals surface area contributed by atoms with Crippen molar-refractivity contribution in [2.45, 2.75) is 38.5 Å². The molecule has 0 aromatic heterocycles. The fourth-order valence-electron chi connectivity index (χ4n) is 3.61. The summed E-state index contributed by atoms with van der Waals surface area (Å²) in [5.41, 5.74) is 1.49. The minimum absolute atomic E-state index is 0. The van der Waals surface area contributed by atoms with Gasteiger partial charge in [0.1, 0.15) is 5.75 Å². The van der Waals surface area contributed by atoms with E-state index in [1.54, 1.807) is 18.1 Å². The Morgan fingerprint density at radius 1 is 1.35 bits per heavy atom. The standard InChI is InChI=1S/C19H27N3O3.ClH/c1-25-17-13-15(5-6-16(17)22-12-2-3-19(22)24)21-18(23)7-4-14-8-10-20-11-9-14;/h5-6,13-14,20H,2-4,7-12H2,1H3,(H,21,23);1H. The first-order chi connectivity index (χ1) is 12.2. The molecule has 2 amide bonds. The lowest BCUT2D eigenvalue weighted by Gasteiger charge is -2.22. The van der Waals surface area contributed by atoms with Crippen molar-refractivity contribution in [2.24, 2.45) is 5.92 Å². The molecule has 0 aliphatic carbocycles. The zero-order valence-electron chi connectivity index (χ0n) is 15.3. The lowest BCUT2D eigenvalue weighted by molar-refractivity contribution is -0.117. The molecule has 0 atom stereocenters. The van der Waals surface area contributed by atoms with Crippen LogP contribution in [0.15, 0.2) is 18.2 Å². The third-order valence-electron chi connectivity index (χ3n) is 5.07. The van der Waals surface area contributed by atoms with Gasteiger partial charge in [-0.3, -0.25) is 9.59 Å². The lowest BCUT2D eigenvalue weighted by atomic mass is 9.93. The molecule has 7 heteroatoms. The smallest absolute Gasteiger partial charge is 0.227 e. The molecule has 0 radical (unpaired) electrons. The molecular formula is C19H28ClN3O3. The average Bonchev–Trinajstić information content (AvgIpc) is 3.06. The van der Waals surface area contributed by atoms with Gasteiger partial charge in [-0.15, -0.1) is 12.4 Å². The summed E-state index contributed by atoms with van der Waals surface area (Å²) in [5.74, 6) is 1.42. The van der Waals surface area contributed by atoms with Gasteiger partial charge in [-0.2, -0.15) is 0 Å². The van der Waals surface area contributed by atoms with Crippen LogP contribution < -0.4 is 20.3 Å². The van der Waals surface area contributed by atoms with Crippen LogP contribution >= 0.6 is 12.4 Å². The number of nitrogens with one attached hydrogen (secondary N) is 2. The highest BCUT2D eigenvalue weighted by Gasteiger charge is 2.24. The highest BCUT2D eigenvalue weighted by Crippen LogP contribution is 2.34. The largest absolute Gasteiger partial charge is 0.494 e. The normalized spacial score (nSPS) is 17.7. The van der Waals surface area contributed by atoms with Crippen LogP contribution in [0.25, 0.3) is 0 Å². The number of amides is 2. The second-order valence-electron chi connectivity index (χ2n) is 6.82. The predicted octanol–water partition coefficient (Wildman–Crippen LogP) is 2.96. The summed E-state index contributed by atoms with van der Waals surface area (Å²) in [6.07, 6.45) is 5.24. The fourth-order valence-corrected chi connectivity index (χ4v) is 3.61. The molecule has 144 valence electrons.